The number of fused-ring (bicyclic) bond motifs is 1. The third-order valence-electron chi connectivity index (χ3n) is 2.18. The van der Waals surface area contributed by atoms with Crippen molar-refractivity contribution >= 4 is 56.0 Å². The van der Waals surface area contributed by atoms with E-state index in [4.69, 9.17) is 23.2 Å². The van der Waals surface area contributed by atoms with Gasteiger partial charge in [-0.1, -0.05) is 23.2 Å². The first-order valence-electron chi connectivity index (χ1n) is 4.56. The fourth-order valence-electron chi connectivity index (χ4n) is 1.42. The van der Waals surface area contributed by atoms with Crippen LogP contribution in [0.3, 0.4) is 0 Å². The smallest absolute Gasteiger partial charge is 0.356 e. The predicted molar refractivity (Wildman–Crippen MR) is 70.8 cm³/mol. The van der Waals surface area contributed by atoms with E-state index in [-0.39, 0.29) is 5.69 Å². The molecule has 2 rings (SSSR count). The van der Waals surface area contributed by atoms with Gasteiger partial charge in [0.15, 0.2) is 5.69 Å². The van der Waals surface area contributed by atoms with Crippen molar-refractivity contribution < 1.29 is 9.53 Å². The molecule has 0 saturated heterocycles. The van der Waals surface area contributed by atoms with E-state index in [0.717, 1.165) is 0 Å². The lowest BCUT2D eigenvalue weighted by molar-refractivity contribution is 0.0594. The van der Waals surface area contributed by atoms with Crippen molar-refractivity contribution in [2.45, 2.75) is 0 Å². The van der Waals surface area contributed by atoms with Crippen LogP contribution in [-0.2, 0) is 4.74 Å². The minimum atomic E-state index is -0.532. The fourth-order valence-corrected chi connectivity index (χ4v) is 2.57. The van der Waals surface area contributed by atoms with Crippen LogP contribution in [0.4, 0.5) is 0 Å². The third kappa shape index (κ3) is 2.39. The molecule has 0 saturated carbocycles. The van der Waals surface area contributed by atoms with E-state index in [0.29, 0.717) is 25.4 Å². The van der Waals surface area contributed by atoms with E-state index in [1.54, 1.807) is 12.1 Å². The van der Waals surface area contributed by atoms with Gasteiger partial charge in [-0.25, -0.2) is 9.78 Å². The Bertz CT molecular complexity index is 616. The van der Waals surface area contributed by atoms with E-state index in [1.807, 2.05) is 0 Å². The molecule has 2 aromatic rings. The molecule has 0 aliphatic rings. The molecule has 0 aliphatic heterocycles. The van der Waals surface area contributed by atoms with Gasteiger partial charge >= 0.3 is 5.97 Å². The Morgan fingerprint density at radius 3 is 2.71 bits per heavy atom. The van der Waals surface area contributed by atoms with Gasteiger partial charge in [0.25, 0.3) is 0 Å². The number of halogens is 3. The normalized spacial score (nSPS) is 10.6. The molecule has 17 heavy (non-hydrogen) atoms. The monoisotopic (exact) mass is 333 g/mol. The summed E-state index contributed by atoms with van der Waals surface area (Å²) in [6, 6.07) is 4.84. The van der Waals surface area contributed by atoms with Crippen molar-refractivity contribution in [1.82, 2.24) is 4.98 Å². The second-order valence-electron chi connectivity index (χ2n) is 3.26. The van der Waals surface area contributed by atoms with E-state index in [1.165, 1.54) is 13.2 Å². The van der Waals surface area contributed by atoms with Crippen molar-refractivity contribution in [2.75, 3.05) is 7.11 Å². The maximum absolute atomic E-state index is 11.4. The lowest BCUT2D eigenvalue weighted by Gasteiger charge is -2.06. The number of nitrogens with zero attached hydrogens (tertiary/aromatic N) is 1. The van der Waals surface area contributed by atoms with E-state index < -0.39 is 5.97 Å². The van der Waals surface area contributed by atoms with Crippen molar-refractivity contribution in [3.8, 4) is 0 Å². The summed E-state index contributed by atoms with van der Waals surface area (Å²) in [5.41, 5.74) is 0.732. The Labute approximate surface area is 116 Å². The van der Waals surface area contributed by atoms with Gasteiger partial charge in [-0.15, -0.1) is 0 Å². The number of esters is 1. The molecule has 0 unspecified atom stereocenters. The van der Waals surface area contributed by atoms with Crippen molar-refractivity contribution in [1.29, 1.82) is 0 Å². The maximum Gasteiger partial charge on any atom is 0.356 e. The van der Waals surface area contributed by atoms with Crippen LogP contribution < -0.4 is 0 Å². The molecule has 6 heteroatoms. The zero-order valence-electron chi connectivity index (χ0n) is 8.63. The number of aromatic nitrogens is 1. The van der Waals surface area contributed by atoms with Crippen LogP contribution in [0.15, 0.2) is 22.7 Å². The summed E-state index contributed by atoms with van der Waals surface area (Å²) >= 11 is 15.3. The van der Waals surface area contributed by atoms with Crippen LogP contribution in [0.25, 0.3) is 10.9 Å². The Morgan fingerprint density at radius 1 is 1.35 bits per heavy atom. The number of hydrogen-bond acceptors (Lipinski definition) is 3. The number of methoxy groups -OCH3 is 1. The van der Waals surface area contributed by atoms with Gasteiger partial charge in [-0.05, 0) is 34.1 Å². The lowest BCUT2D eigenvalue weighted by Crippen LogP contribution is -2.04. The zero-order valence-corrected chi connectivity index (χ0v) is 11.7. The Balaban J connectivity index is 2.77. The summed E-state index contributed by atoms with van der Waals surface area (Å²) in [6.07, 6.45) is 0. The predicted octanol–water partition coefficient (Wildman–Crippen LogP) is 4.09. The second kappa shape index (κ2) is 4.80. The molecule has 88 valence electrons. The summed E-state index contributed by atoms with van der Waals surface area (Å²) in [7, 11) is 1.29. The lowest BCUT2D eigenvalue weighted by atomic mass is 10.2. The second-order valence-corrected chi connectivity index (χ2v) is 4.96. The molecule has 0 N–H and O–H groups in total. The molecule has 0 amide bonds. The number of ether oxygens (including phenoxy) is 1. The molecule has 1 aromatic heterocycles. The van der Waals surface area contributed by atoms with E-state index in [2.05, 4.69) is 25.7 Å². The zero-order chi connectivity index (χ0) is 12.6. The highest BCUT2D eigenvalue weighted by molar-refractivity contribution is 9.10. The number of carbonyl (C=O) groups is 1. The average Bonchev–Trinajstić information content (AvgIpc) is 2.29. The number of carbonyl (C=O) groups excluding carboxylic acids is 1. The van der Waals surface area contributed by atoms with E-state index in [9.17, 15) is 4.79 Å². The molecule has 0 aliphatic carbocycles. The topological polar surface area (TPSA) is 39.2 Å². The first-order chi connectivity index (χ1) is 8.02. The van der Waals surface area contributed by atoms with Crippen molar-refractivity contribution in [3.63, 3.8) is 0 Å². The molecule has 1 aromatic carbocycles. The molecule has 3 nitrogen and oxygen atoms in total. The first-order valence-corrected chi connectivity index (χ1v) is 6.11. The van der Waals surface area contributed by atoms with Crippen molar-refractivity contribution in [2.24, 2.45) is 0 Å². The molecule has 0 radical (unpaired) electrons. The number of rotatable bonds is 1. The number of benzene rings is 1. The highest BCUT2D eigenvalue weighted by Gasteiger charge is 2.13. The minimum Gasteiger partial charge on any atom is -0.464 e. The summed E-state index contributed by atoms with van der Waals surface area (Å²) in [6.45, 7) is 0. The summed E-state index contributed by atoms with van der Waals surface area (Å²) in [5.74, 6) is -0.532. The van der Waals surface area contributed by atoms with Crippen LogP contribution in [0.5, 0.6) is 0 Å². The molecule has 0 fully saturated rings. The molecular formula is C11H6BrCl2NO2. The van der Waals surface area contributed by atoms with Crippen LogP contribution in [0.2, 0.25) is 10.0 Å². The Kier molecular flexibility index (Phi) is 3.56. The van der Waals surface area contributed by atoms with Crippen molar-refractivity contribution in [3.05, 3.63) is 38.4 Å². The Hall–Kier alpha value is -0.840. The van der Waals surface area contributed by atoms with Gasteiger partial charge < -0.3 is 4.74 Å². The van der Waals surface area contributed by atoms with Gasteiger partial charge in [0.2, 0.25) is 0 Å². The maximum atomic E-state index is 11.4. The summed E-state index contributed by atoms with van der Waals surface area (Å²) in [5, 5.41) is 1.62. The largest absolute Gasteiger partial charge is 0.464 e. The molecular weight excluding hydrogens is 329 g/mol. The minimum absolute atomic E-state index is 0.160. The van der Waals surface area contributed by atoms with E-state index >= 15 is 0 Å². The summed E-state index contributed by atoms with van der Waals surface area (Å²) < 4.78 is 5.28. The number of hydrogen-bond donors (Lipinski definition) is 0. The fraction of sp³-hybridized carbons (Fsp3) is 0.0909. The molecule has 0 bridgehead atoms. The quantitative estimate of drug-likeness (QED) is 0.737. The molecule has 1 heterocycles. The standard InChI is InChI=1S/C11H6BrCl2NO2/c1-17-11(16)9-4-8(14)6-2-5(13)3-7(12)10(6)15-9/h2-4H,1H3. The van der Waals surface area contributed by atoms with Gasteiger partial charge in [-0.2, -0.15) is 0 Å². The van der Waals surface area contributed by atoms with Gasteiger partial charge in [-0.3, -0.25) is 0 Å². The highest BCUT2D eigenvalue weighted by Crippen LogP contribution is 2.31. The molecule has 0 atom stereocenters. The Morgan fingerprint density at radius 2 is 2.06 bits per heavy atom. The van der Waals surface area contributed by atoms with Gasteiger partial charge in [0.1, 0.15) is 0 Å². The number of pyridine rings is 1. The summed E-state index contributed by atoms with van der Waals surface area (Å²) in [4.78, 5) is 15.6. The highest BCUT2D eigenvalue weighted by atomic mass is 79.9. The van der Waals surface area contributed by atoms with Crippen LogP contribution >= 0.6 is 39.1 Å². The molecule has 0 spiro atoms. The first kappa shape index (κ1) is 12.6. The van der Waals surface area contributed by atoms with Gasteiger partial charge in [0, 0.05) is 14.9 Å². The van der Waals surface area contributed by atoms with Gasteiger partial charge in [0.05, 0.1) is 17.6 Å². The van der Waals surface area contributed by atoms with Crippen LogP contribution in [0.1, 0.15) is 10.5 Å². The average molecular weight is 335 g/mol. The van der Waals surface area contributed by atoms with Crippen LogP contribution in [0, 0.1) is 0 Å². The van der Waals surface area contributed by atoms with Crippen LogP contribution in [-0.4, -0.2) is 18.1 Å². The third-order valence-corrected chi connectivity index (χ3v) is 3.31. The SMILES string of the molecule is COC(=O)c1cc(Cl)c2cc(Cl)cc(Br)c2n1.